The highest BCUT2D eigenvalue weighted by atomic mass is 16.5. The van der Waals surface area contributed by atoms with Crippen LogP contribution in [-0.2, 0) is 6.42 Å². The average molecular weight is 631 g/mol. The van der Waals surface area contributed by atoms with E-state index in [4.69, 9.17) is 4.74 Å². The Morgan fingerprint density at radius 1 is 0.408 bits per heavy atom. The van der Waals surface area contributed by atoms with Crippen LogP contribution in [0.5, 0.6) is 5.75 Å². The van der Waals surface area contributed by atoms with Crippen LogP contribution in [0.1, 0.15) is 11.1 Å². The predicted molar refractivity (Wildman–Crippen MR) is 204 cm³/mol. The molecule has 9 rings (SSSR count). The van der Waals surface area contributed by atoms with E-state index in [1.807, 2.05) is 6.07 Å². The van der Waals surface area contributed by atoms with Crippen LogP contribution in [0, 0.1) is 0 Å². The maximum Gasteiger partial charge on any atom is 0.127 e. The van der Waals surface area contributed by atoms with Gasteiger partial charge in [-0.1, -0.05) is 140 Å². The van der Waals surface area contributed by atoms with Crippen molar-refractivity contribution in [2.24, 2.45) is 0 Å². The number of hydrogen-bond donors (Lipinski definition) is 1. The van der Waals surface area contributed by atoms with Gasteiger partial charge in [-0.15, -0.1) is 0 Å². The fraction of sp³-hybridized carbons (Fsp3) is 0.0638. The molecule has 8 aromatic carbocycles. The van der Waals surface area contributed by atoms with Crippen molar-refractivity contribution in [1.29, 1.82) is 0 Å². The Bertz CT molecular complexity index is 2510. The summed E-state index contributed by atoms with van der Waals surface area (Å²) in [6.45, 7) is 0.215. The highest BCUT2D eigenvalue weighted by Gasteiger charge is 2.27. The van der Waals surface area contributed by atoms with E-state index in [9.17, 15) is 5.11 Å². The molecular formula is C47H34O2. The molecule has 0 amide bonds. The predicted octanol–water partition coefficient (Wildman–Crippen LogP) is 11.6. The summed E-state index contributed by atoms with van der Waals surface area (Å²) in [6, 6.07) is 59.1. The molecular weight excluding hydrogens is 597 g/mol. The van der Waals surface area contributed by atoms with Gasteiger partial charge in [-0.05, 0) is 113 Å². The number of aliphatic hydroxyl groups is 1. The second-order valence-corrected chi connectivity index (χ2v) is 12.8. The Hall–Kier alpha value is -5.96. The first-order chi connectivity index (χ1) is 24.2. The van der Waals surface area contributed by atoms with Crippen molar-refractivity contribution in [1.82, 2.24) is 0 Å². The maximum atomic E-state index is 9.54. The zero-order valence-electron chi connectivity index (χ0n) is 27.1. The van der Waals surface area contributed by atoms with E-state index in [-0.39, 0.29) is 13.2 Å². The van der Waals surface area contributed by atoms with Crippen LogP contribution in [0.2, 0.25) is 0 Å². The summed E-state index contributed by atoms with van der Waals surface area (Å²) in [5.41, 5.74) is 14.8. The molecule has 1 aliphatic rings. The Morgan fingerprint density at radius 3 is 1.76 bits per heavy atom. The Morgan fingerprint density at radius 2 is 1.00 bits per heavy atom. The third-order valence-corrected chi connectivity index (χ3v) is 9.96. The van der Waals surface area contributed by atoms with Gasteiger partial charge in [-0.3, -0.25) is 0 Å². The minimum atomic E-state index is -0.0331. The highest BCUT2D eigenvalue weighted by molar-refractivity contribution is 5.99. The number of ether oxygens (including phenoxy) is 1. The molecule has 1 aliphatic carbocycles. The topological polar surface area (TPSA) is 29.5 Å². The quantitative estimate of drug-likeness (QED) is 0.190. The van der Waals surface area contributed by atoms with E-state index in [1.165, 1.54) is 71.6 Å². The van der Waals surface area contributed by atoms with Gasteiger partial charge in [0.1, 0.15) is 12.4 Å². The molecule has 0 saturated carbocycles. The largest absolute Gasteiger partial charge is 0.491 e. The first kappa shape index (κ1) is 29.2. The second-order valence-electron chi connectivity index (χ2n) is 12.8. The molecule has 0 atom stereocenters. The van der Waals surface area contributed by atoms with E-state index >= 15 is 0 Å². The Labute approximate surface area is 286 Å². The zero-order chi connectivity index (χ0) is 32.7. The zero-order valence-corrected chi connectivity index (χ0v) is 27.1. The van der Waals surface area contributed by atoms with Crippen molar-refractivity contribution < 1.29 is 9.84 Å². The summed E-state index contributed by atoms with van der Waals surface area (Å²) in [5, 5.41) is 14.5. The molecule has 0 unspecified atom stereocenters. The molecule has 49 heavy (non-hydrogen) atoms. The number of hydrogen-bond acceptors (Lipinski definition) is 2. The van der Waals surface area contributed by atoms with E-state index in [0.717, 1.165) is 28.9 Å². The molecule has 0 fully saturated rings. The van der Waals surface area contributed by atoms with Gasteiger partial charge in [0.15, 0.2) is 0 Å². The number of aliphatic hydroxyl groups excluding tert-OH is 1. The highest BCUT2D eigenvalue weighted by Crippen LogP contribution is 2.49. The molecule has 0 bridgehead atoms. The van der Waals surface area contributed by atoms with Crippen LogP contribution in [0.3, 0.4) is 0 Å². The van der Waals surface area contributed by atoms with Crippen molar-refractivity contribution in [3.63, 3.8) is 0 Å². The van der Waals surface area contributed by atoms with Crippen LogP contribution in [0.4, 0.5) is 0 Å². The van der Waals surface area contributed by atoms with Crippen molar-refractivity contribution in [3.05, 3.63) is 175 Å². The van der Waals surface area contributed by atoms with Gasteiger partial charge in [-0.25, -0.2) is 0 Å². The van der Waals surface area contributed by atoms with Crippen molar-refractivity contribution in [3.8, 4) is 61.4 Å². The third kappa shape index (κ3) is 5.18. The van der Waals surface area contributed by atoms with E-state index in [2.05, 4.69) is 158 Å². The second kappa shape index (κ2) is 12.2. The lowest BCUT2D eigenvalue weighted by atomic mass is 9.86. The molecule has 2 nitrogen and oxygen atoms in total. The first-order valence-corrected chi connectivity index (χ1v) is 17.0. The summed E-state index contributed by atoms with van der Waals surface area (Å²) in [6.07, 6.45) is 0.854. The molecule has 0 heterocycles. The molecule has 1 N–H and O–H groups in total. The van der Waals surface area contributed by atoms with E-state index in [0.29, 0.717) is 0 Å². The SMILES string of the molecule is OCCOc1ccc(-c2ccc3c(c2-c2ccc4ccccc4c2)Cc2c(-c4ccc5ccccc5c4)cccc2-3)cc1-c1ccccc1. The van der Waals surface area contributed by atoms with E-state index < -0.39 is 0 Å². The minimum Gasteiger partial charge on any atom is -0.491 e. The summed E-state index contributed by atoms with van der Waals surface area (Å²) >= 11 is 0. The lowest BCUT2D eigenvalue weighted by Gasteiger charge is -2.18. The van der Waals surface area contributed by atoms with Gasteiger partial charge >= 0.3 is 0 Å². The van der Waals surface area contributed by atoms with Crippen LogP contribution >= 0.6 is 0 Å². The van der Waals surface area contributed by atoms with Crippen LogP contribution in [0.25, 0.3) is 77.2 Å². The third-order valence-electron chi connectivity index (χ3n) is 9.96. The van der Waals surface area contributed by atoms with Gasteiger partial charge in [0, 0.05) is 5.56 Å². The summed E-state index contributed by atoms with van der Waals surface area (Å²) in [4.78, 5) is 0. The van der Waals surface area contributed by atoms with Gasteiger partial charge in [0.05, 0.1) is 6.61 Å². The minimum absolute atomic E-state index is 0.0331. The smallest absolute Gasteiger partial charge is 0.127 e. The molecule has 0 saturated heterocycles. The van der Waals surface area contributed by atoms with Gasteiger partial charge in [0.25, 0.3) is 0 Å². The first-order valence-electron chi connectivity index (χ1n) is 17.0. The monoisotopic (exact) mass is 630 g/mol. The van der Waals surface area contributed by atoms with Crippen LogP contribution < -0.4 is 4.74 Å². The summed E-state index contributed by atoms with van der Waals surface area (Å²) in [5.74, 6) is 0.768. The lowest BCUT2D eigenvalue weighted by Crippen LogP contribution is -2.03. The van der Waals surface area contributed by atoms with Gasteiger partial charge < -0.3 is 9.84 Å². The van der Waals surface area contributed by atoms with Gasteiger partial charge in [-0.2, -0.15) is 0 Å². The molecule has 0 spiro atoms. The normalized spacial score (nSPS) is 11.9. The summed E-state index contributed by atoms with van der Waals surface area (Å²) in [7, 11) is 0. The summed E-state index contributed by atoms with van der Waals surface area (Å²) < 4.78 is 6.04. The standard InChI is InChI=1S/C47H34O2/c48-25-26-49-46-24-21-37(29-43(46)33-11-2-1-3-12-33)40-22-23-42-41-16-8-15-39(36-19-17-31-9-4-6-13-34(31)27-36)44(41)30-45(42)47(40)38-20-18-32-10-5-7-14-35(32)28-38/h1-24,27-29,48H,25-26,30H2. The van der Waals surface area contributed by atoms with Crippen LogP contribution in [-0.4, -0.2) is 18.3 Å². The molecule has 2 heteroatoms. The Balaban J connectivity index is 1.25. The average Bonchev–Trinajstić information content (AvgIpc) is 3.55. The molecule has 8 aromatic rings. The fourth-order valence-electron chi connectivity index (χ4n) is 7.65. The number of benzene rings is 8. The maximum absolute atomic E-state index is 9.54. The molecule has 0 radical (unpaired) electrons. The molecule has 234 valence electrons. The van der Waals surface area contributed by atoms with Crippen LogP contribution in [0.15, 0.2) is 164 Å². The van der Waals surface area contributed by atoms with Crippen molar-refractivity contribution >= 4 is 21.5 Å². The molecule has 0 aromatic heterocycles. The van der Waals surface area contributed by atoms with Crippen molar-refractivity contribution in [2.75, 3.05) is 13.2 Å². The Kier molecular flexibility index (Phi) is 7.30. The van der Waals surface area contributed by atoms with Crippen molar-refractivity contribution in [2.45, 2.75) is 6.42 Å². The lowest BCUT2D eigenvalue weighted by molar-refractivity contribution is 0.202. The fourth-order valence-corrected chi connectivity index (χ4v) is 7.65. The number of fused-ring (bicyclic) bond motifs is 5. The van der Waals surface area contributed by atoms with E-state index in [1.54, 1.807) is 0 Å². The number of rotatable bonds is 7. The van der Waals surface area contributed by atoms with Gasteiger partial charge in [0.2, 0.25) is 0 Å². The molecule has 0 aliphatic heterocycles.